The van der Waals surface area contributed by atoms with Crippen molar-refractivity contribution in [2.45, 2.75) is 38.4 Å². The standard InChI is InChI=1S/C20H19FN4O2/c1-13(15-6-2-4-8-17(15)21)25(14-10-11-14)19(26)12-24-20(27)16-7-3-5-9-18(16)22-23-24/h2-9,13-14H,10-12H2,1H3. The van der Waals surface area contributed by atoms with Crippen LogP contribution in [-0.4, -0.2) is 31.8 Å². The first kappa shape index (κ1) is 17.3. The van der Waals surface area contributed by atoms with Crippen molar-refractivity contribution in [3.8, 4) is 0 Å². The number of halogens is 1. The van der Waals surface area contributed by atoms with Crippen LogP contribution in [0.5, 0.6) is 0 Å². The van der Waals surface area contributed by atoms with E-state index in [2.05, 4.69) is 10.3 Å². The number of aromatic nitrogens is 3. The Morgan fingerprint density at radius 1 is 1.22 bits per heavy atom. The third kappa shape index (κ3) is 3.32. The Hall–Kier alpha value is -3.09. The fraction of sp³-hybridized carbons (Fsp3) is 0.300. The zero-order chi connectivity index (χ0) is 19.0. The molecule has 6 nitrogen and oxygen atoms in total. The van der Waals surface area contributed by atoms with Crippen molar-refractivity contribution >= 4 is 16.8 Å². The summed E-state index contributed by atoms with van der Waals surface area (Å²) < 4.78 is 15.3. The topological polar surface area (TPSA) is 68.1 Å². The number of fused-ring (bicyclic) bond motifs is 1. The first-order valence-electron chi connectivity index (χ1n) is 8.94. The summed E-state index contributed by atoms with van der Waals surface area (Å²) in [7, 11) is 0. The lowest BCUT2D eigenvalue weighted by Crippen LogP contribution is -2.40. The number of carbonyl (C=O) groups is 1. The second-order valence-corrected chi connectivity index (χ2v) is 6.80. The molecular weight excluding hydrogens is 347 g/mol. The van der Waals surface area contributed by atoms with E-state index in [9.17, 15) is 14.0 Å². The third-order valence-corrected chi connectivity index (χ3v) is 4.92. The Kier molecular flexibility index (Phi) is 4.43. The van der Waals surface area contributed by atoms with E-state index < -0.39 is 6.04 Å². The van der Waals surface area contributed by atoms with Gasteiger partial charge in [0.25, 0.3) is 5.56 Å². The van der Waals surface area contributed by atoms with E-state index >= 15 is 0 Å². The summed E-state index contributed by atoms with van der Waals surface area (Å²) in [6.45, 7) is 1.59. The zero-order valence-electron chi connectivity index (χ0n) is 14.9. The molecule has 0 bridgehead atoms. The van der Waals surface area contributed by atoms with Gasteiger partial charge in [0.05, 0.1) is 11.4 Å². The quantitative estimate of drug-likeness (QED) is 0.696. The van der Waals surface area contributed by atoms with Crippen molar-refractivity contribution in [2.75, 3.05) is 0 Å². The van der Waals surface area contributed by atoms with Crippen molar-refractivity contribution in [3.63, 3.8) is 0 Å². The molecule has 0 N–H and O–H groups in total. The fourth-order valence-electron chi connectivity index (χ4n) is 3.39. The Bertz CT molecular complexity index is 1060. The van der Waals surface area contributed by atoms with Crippen molar-refractivity contribution in [2.24, 2.45) is 0 Å². The third-order valence-electron chi connectivity index (χ3n) is 4.92. The highest BCUT2D eigenvalue weighted by molar-refractivity contribution is 5.79. The number of hydrogen-bond donors (Lipinski definition) is 0. The van der Waals surface area contributed by atoms with Gasteiger partial charge in [-0.2, -0.15) is 0 Å². The summed E-state index contributed by atoms with van der Waals surface area (Å²) in [5, 5.41) is 8.32. The van der Waals surface area contributed by atoms with Crippen LogP contribution in [0.25, 0.3) is 10.9 Å². The van der Waals surface area contributed by atoms with Gasteiger partial charge in [0.1, 0.15) is 17.9 Å². The Labute approximate surface area is 155 Å². The van der Waals surface area contributed by atoms with Crippen LogP contribution in [0.4, 0.5) is 4.39 Å². The minimum absolute atomic E-state index is 0.0659. The molecule has 3 aromatic rings. The monoisotopic (exact) mass is 366 g/mol. The van der Waals surface area contributed by atoms with Gasteiger partial charge in [0.15, 0.2) is 0 Å². The second-order valence-electron chi connectivity index (χ2n) is 6.80. The molecule has 2 aromatic carbocycles. The Morgan fingerprint density at radius 3 is 2.67 bits per heavy atom. The molecule has 1 heterocycles. The lowest BCUT2D eigenvalue weighted by molar-refractivity contribution is -0.135. The molecular formula is C20H19FN4O2. The van der Waals surface area contributed by atoms with E-state index in [4.69, 9.17) is 0 Å². The highest BCUT2D eigenvalue weighted by Crippen LogP contribution is 2.35. The summed E-state index contributed by atoms with van der Waals surface area (Å²) in [4.78, 5) is 27.2. The molecule has 1 aromatic heterocycles. The Morgan fingerprint density at radius 2 is 1.93 bits per heavy atom. The molecule has 0 aliphatic heterocycles. The van der Waals surface area contributed by atoms with E-state index in [0.717, 1.165) is 17.5 Å². The molecule has 1 aliphatic carbocycles. The van der Waals surface area contributed by atoms with Crippen molar-refractivity contribution in [3.05, 3.63) is 70.3 Å². The molecule has 4 rings (SSSR count). The zero-order valence-corrected chi connectivity index (χ0v) is 14.9. The summed E-state index contributed by atoms with van der Waals surface area (Å²) in [5.74, 6) is -0.606. The Balaban J connectivity index is 1.63. The van der Waals surface area contributed by atoms with Crippen molar-refractivity contribution < 1.29 is 9.18 Å². The van der Waals surface area contributed by atoms with Crippen LogP contribution in [0.15, 0.2) is 53.3 Å². The van der Waals surface area contributed by atoms with Gasteiger partial charge >= 0.3 is 0 Å². The van der Waals surface area contributed by atoms with E-state index in [0.29, 0.717) is 16.5 Å². The predicted molar refractivity (Wildman–Crippen MR) is 98.5 cm³/mol. The number of hydrogen-bond acceptors (Lipinski definition) is 4. The first-order chi connectivity index (χ1) is 13.1. The molecule has 1 aliphatic rings. The molecule has 138 valence electrons. The van der Waals surface area contributed by atoms with Crippen LogP contribution >= 0.6 is 0 Å². The second kappa shape index (κ2) is 6.90. The summed E-state index contributed by atoms with van der Waals surface area (Å²) in [6.07, 6.45) is 1.76. The minimum atomic E-state index is -0.421. The largest absolute Gasteiger partial charge is 0.331 e. The highest BCUT2D eigenvalue weighted by Gasteiger charge is 2.37. The average molecular weight is 366 g/mol. The van der Waals surface area contributed by atoms with E-state index in [1.54, 1.807) is 47.4 Å². The van der Waals surface area contributed by atoms with Crippen molar-refractivity contribution in [1.29, 1.82) is 0 Å². The molecule has 1 fully saturated rings. The molecule has 7 heteroatoms. The fourth-order valence-corrected chi connectivity index (χ4v) is 3.39. The van der Waals surface area contributed by atoms with Gasteiger partial charge in [0, 0.05) is 11.6 Å². The maximum Gasteiger partial charge on any atom is 0.278 e. The maximum atomic E-state index is 14.2. The van der Waals surface area contributed by atoms with Crippen LogP contribution in [0.2, 0.25) is 0 Å². The number of carbonyl (C=O) groups excluding carboxylic acids is 1. The predicted octanol–water partition coefficient (Wildman–Crippen LogP) is 2.68. The number of nitrogens with zero attached hydrogens (tertiary/aromatic N) is 4. The lowest BCUT2D eigenvalue weighted by atomic mass is 10.1. The highest BCUT2D eigenvalue weighted by atomic mass is 19.1. The van der Waals surface area contributed by atoms with E-state index in [1.165, 1.54) is 6.07 Å². The van der Waals surface area contributed by atoms with Gasteiger partial charge in [-0.25, -0.2) is 9.07 Å². The summed E-state index contributed by atoms with van der Waals surface area (Å²) >= 11 is 0. The molecule has 0 spiro atoms. The van der Waals surface area contributed by atoms with Gasteiger partial charge in [0.2, 0.25) is 5.91 Å². The number of benzene rings is 2. The first-order valence-corrected chi connectivity index (χ1v) is 8.94. The molecule has 27 heavy (non-hydrogen) atoms. The van der Waals surface area contributed by atoms with E-state index in [-0.39, 0.29) is 29.9 Å². The molecule has 1 atom stereocenters. The van der Waals surface area contributed by atoms with Crippen LogP contribution in [0.3, 0.4) is 0 Å². The van der Waals surface area contributed by atoms with Gasteiger partial charge in [-0.05, 0) is 38.0 Å². The van der Waals surface area contributed by atoms with Crippen LogP contribution < -0.4 is 5.56 Å². The summed E-state index contributed by atoms with van der Waals surface area (Å²) in [6, 6.07) is 13.0. The molecule has 1 amide bonds. The SMILES string of the molecule is CC(c1ccccc1F)N(C(=O)Cn1nnc2ccccc2c1=O)C1CC1. The number of rotatable bonds is 5. The minimum Gasteiger partial charge on any atom is -0.331 e. The molecule has 0 saturated heterocycles. The van der Waals surface area contributed by atoms with Crippen LogP contribution in [-0.2, 0) is 11.3 Å². The van der Waals surface area contributed by atoms with Gasteiger partial charge < -0.3 is 4.90 Å². The lowest BCUT2D eigenvalue weighted by Gasteiger charge is -2.30. The molecule has 0 radical (unpaired) electrons. The molecule has 1 unspecified atom stereocenters. The van der Waals surface area contributed by atoms with Gasteiger partial charge in [-0.1, -0.05) is 35.5 Å². The smallest absolute Gasteiger partial charge is 0.278 e. The van der Waals surface area contributed by atoms with Gasteiger partial charge in [-0.15, -0.1) is 5.10 Å². The summed E-state index contributed by atoms with van der Waals surface area (Å²) in [5.41, 5.74) is 0.600. The average Bonchev–Trinajstić information content (AvgIpc) is 3.49. The normalized spacial score (nSPS) is 14.9. The van der Waals surface area contributed by atoms with E-state index in [1.807, 2.05) is 6.92 Å². The van der Waals surface area contributed by atoms with Crippen molar-refractivity contribution in [1.82, 2.24) is 19.9 Å². The molecule has 1 saturated carbocycles. The van der Waals surface area contributed by atoms with Crippen LogP contribution in [0, 0.1) is 5.82 Å². The van der Waals surface area contributed by atoms with Gasteiger partial charge in [-0.3, -0.25) is 9.59 Å². The maximum absolute atomic E-state index is 14.2. The van der Waals surface area contributed by atoms with Crippen LogP contribution in [0.1, 0.15) is 31.4 Å². The number of amides is 1.